The zero-order valence-electron chi connectivity index (χ0n) is 11.9. The van der Waals surface area contributed by atoms with Crippen LogP contribution in [-0.4, -0.2) is 46.9 Å². The largest absolute Gasteiger partial charge is 0.481 e. The van der Waals surface area contributed by atoms with Crippen molar-refractivity contribution in [3.8, 4) is 0 Å². The van der Waals surface area contributed by atoms with Gasteiger partial charge in [-0.1, -0.05) is 26.2 Å². The standard InChI is InChI=1S/C14H22N2O4/c1-14(5-3-2-4-6-14)13(20)16-8-7-15-12(19)10(16)9-11(17)18/h10H,2-9H2,1H3,(H,15,19)(H,17,18). The van der Waals surface area contributed by atoms with Crippen molar-refractivity contribution in [3.63, 3.8) is 0 Å². The smallest absolute Gasteiger partial charge is 0.305 e. The van der Waals surface area contributed by atoms with Crippen LogP contribution in [0.5, 0.6) is 0 Å². The van der Waals surface area contributed by atoms with E-state index in [0.29, 0.717) is 13.1 Å². The molecule has 2 fully saturated rings. The van der Waals surface area contributed by atoms with Crippen molar-refractivity contribution >= 4 is 17.8 Å². The van der Waals surface area contributed by atoms with Gasteiger partial charge in [0.15, 0.2) is 0 Å². The number of carbonyl (C=O) groups is 3. The Hall–Kier alpha value is -1.59. The lowest BCUT2D eigenvalue weighted by Crippen LogP contribution is -2.60. The zero-order valence-corrected chi connectivity index (χ0v) is 11.9. The van der Waals surface area contributed by atoms with E-state index >= 15 is 0 Å². The molecule has 1 heterocycles. The summed E-state index contributed by atoms with van der Waals surface area (Å²) in [5.74, 6) is -1.47. The van der Waals surface area contributed by atoms with Gasteiger partial charge in [-0.2, -0.15) is 0 Å². The molecule has 20 heavy (non-hydrogen) atoms. The molecular formula is C14H22N2O4. The van der Waals surface area contributed by atoms with Crippen LogP contribution in [0.25, 0.3) is 0 Å². The van der Waals surface area contributed by atoms with E-state index in [2.05, 4.69) is 5.32 Å². The number of hydrogen-bond donors (Lipinski definition) is 2. The summed E-state index contributed by atoms with van der Waals surface area (Å²) in [5, 5.41) is 11.6. The second-order valence-electron chi connectivity index (χ2n) is 6.02. The first kappa shape index (κ1) is 14.8. The second kappa shape index (κ2) is 5.81. The summed E-state index contributed by atoms with van der Waals surface area (Å²) in [4.78, 5) is 37.0. The number of piperazine rings is 1. The van der Waals surface area contributed by atoms with Gasteiger partial charge in [0.2, 0.25) is 11.8 Å². The lowest BCUT2D eigenvalue weighted by Gasteiger charge is -2.41. The normalized spacial score (nSPS) is 25.9. The molecule has 2 amide bonds. The molecule has 1 aliphatic carbocycles. The fraction of sp³-hybridized carbons (Fsp3) is 0.786. The minimum atomic E-state index is -1.06. The molecule has 0 aromatic rings. The van der Waals surface area contributed by atoms with Gasteiger partial charge in [-0.05, 0) is 12.8 Å². The highest BCUT2D eigenvalue weighted by molar-refractivity contribution is 5.93. The maximum absolute atomic E-state index is 12.8. The van der Waals surface area contributed by atoms with Crippen LogP contribution in [0.4, 0.5) is 0 Å². The summed E-state index contributed by atoms with van der Waals surface area (Å²) in [6.07, 6.45) is 4.50. The molecule has 1 atom stereocenters. The average Bonchev–Trinajstić information content (AvgIpc) is 2.41. The van der Waals surface area contributed by atoms with Crippen molar-refractivity contribution in [1.82, 2.24) is 10.2 Å². The van der Waals surface area contributed by atoms with Crippen molar-refractivity contribution in [2.75, 3.05) is 13.1 Å². The third-order valence-corrected chi connectivity index (χ3v) is 4.43. The first-order valence-electron chi connectivity index (χ1n) is 7.25. The zero-order chi connectivity index (χ0) is 14.8. The van der Waals surface area contributed by atoms with Crippen LogP contribution in [0.3, 0.4) is 0 Å². The Morgan fingerprint density at radius 3 is 2.60 bits per heavy atom. The number of carboxylic acid groups (broad SMARTS) is 1. The molecule has 6 heteroatoms. The van der Waals surface area contributed by atoms with E-state index in [-0.39, 0.29) is 18.2 Å². The van der Waals surface area contributed by atoms with Gasteiger partial charge in [0.1, 0.15) is 6.04 Å². The van der Waals surface area contributed by atoms with Gasteiger partial charge in [-0.15, -0.1) is 0 Å². The highest BCUT2D eigenvalue weighted by Crippen LogP contribution is 2.38. The van der Waals surface area contributed by atoms with E-state index in [4.69, 9.17) is 5.11 Å². The summed E-state index contributed by atoms with van der Waals surface area (Å²) >= 11 is 0. The monoisotopic (exact) mass is 282 g/mol. The van der Waals surface area contributed by atoms with Crippen molar-refractivity contribution in [2.24, 2.45) is 5.41 Å². The van der Waals surface area contributed by atoms with Crippen LogP contribution < -0.4 is 5.32 Å². The minimum Gasteiger partial charge on any atom is -0.481 e. The number of rotatable bonds is 3. The van der Waals surface area contributed by atoms with Gasteiger partial charge in [0, 0.05) is 18.5 Å². The van der Waals surface area contributed by atoms with E-state index in [0.717, 1.165) is 32.1 Å². The number of aliphatic carboxylic acids is 1. The van der Waals surface area contributed by atoms with Crippen molar-refractivity contribution in [2.45, 2.75) is 51.5 Å². The molecule has 112 valence electrons. The van der Waals surface area contributed by atoms with Crippen molar-refractivity contribution in [3.05, 3.63) is 0 Å². The number of nitrogens with zero attached hydrogens (tertiary/aromatic N) is 1. The van der Waals surface area contributed by atoms with Crippen molar-refractivity contribution < 1.29 is 19.5 Å². The Morgan fingerprint density at radius 2 is 2.00 bits per heavy atom. The summed E-state index contributed by atoms with van der Waals surface area (Å²) in [5.41, 5.74) is -0.438. The fourth-order valence-electron chi connectivity index (χ4n) is 3.22. The molecule has 0 aromatic carbocycles. The molecule has 0 bridgehead atoms. The number of carbonyl (C=O) groups excluding carboxylic acids is 2. The Balaban J connectivity index is 2.16. The molecule has 0 spiro atoms. The van der Waals surface area contributed by atoms with Crippen LogP contribution in [0.1, 0.15) is 45.4 Å². The third-order valence-electron chi connectivity index (χ3n) is 4.43. The van der Waals surface area contributed by atoms with Gasteiger partial charge in [-0.3, -0.25) is 14.4 Å². The predicted octanol–water partition coefficient (Wildman–Crippen LogP) is 0.758. The van der Waals surface area contributed by atoms with Crippen molar-refractivity contribution in [1.29, 1.82) is 0 Å². The average molecular weight is 282 g/mol. The molecule has 2 rings (SSSR count). The number of amides is 2. The Labute approximate surface area is 118 Å². The summed E-state index contributed by atoms with van der Waals surface area (Å²) in [7, 11) is 0. The first-order valence-corrected chi connectivity index (χ1v) is 7.25. The highest BCUT2D eigenvalue weighted by Gasteiger charge is 2.43. The molecular weight excluding hydrogens is 260 g/mol. The van der Waals surface area contributed by atoms with Gasteiger partial charge in [0.05, 0.1) is 6.42 Å². The summed E-state index contributed by atoms with van der Waals surface area (Å²) < 4.78 is 0. The molecule has 2 aliphatic rings. The van der Waals surface area contributed by atoms with Crippen LogP contribution >= 0.6 is 0 Å². The quantitative estimate of drug-likeness (QED) is 0.800. The summed E-state index contributed by atoms with van der Waals surface area (Å²) in [6.45, 7) is 2.74. The van der Waals surface area contributed by atoms with Gasteiger partial charge in [-0.25, -0.2) is 0 Å². The van der Waals surface area contributed by atoms with Gasteiger partial charge in [0.25, 0.3) is 0 Å². The molecule has 2 N–H and O–H groups in total. The van der Waals surface area contributed by atoms with Crippen LogP contribution in [0.2, 0.25) is 0 Å². The Morgan fingerprint density at radius 1 is 1.35 bits per heavy atom. The predicted molar refractivity (Wildman–Crippen MR) is 72.0 cm³/mol. The molecule has 6 nitrogen and oxygen atoms in total. The lowest BCUT2D eigenvalue weighted by atomic mass is 9.74. The SMILES string of the molecule is CC1(C(=O)N2CCNC(=O)C2CC(=O)O)CCCCC1. The molecule has 1 aliphatic heterocycles. The second-order valence-corrected chi connectivity index (χ2v) is 6.02. The summed E-state index contributed by atoms with van der Waals surface area (Å²) in [6, 6.07) is -0.868. The van der Waals surface area contributed by atoms with E-state index in [9.17, 15) is 14.4 Å². The van der Waals surface area contributed by atoms with E-state index in [1.807, 2.05) is 6.92 Å². The van der Waals surface area contributed by atoms with E-state index in [1.165, 1.54) is 4.90 Å². The number of carboxylic acids is 1. The topological polar surface area (TPSA) is 86.7 Å². The van der Waals surface area contributed by atoms with E-state index < -0.39 is 17.4 Å². The fourth-order valence-corrected chi connectivity index (χ4v) is 3.22. The van der Waals surface area contributed by atoms with Crippen LogP contribution in [-0.2, 0) is 14.4 Å². The highest BCUT2D eigenvalue weighted by atomic mass is 16.4. The molecule has 1 saturated carbocycles. The maximum atomic E-state index is 12.8. The van der Waals surface area contributed by atoms with Crippen LogP contribution in [0, 0.1) is 5.41 Å². The maximum Gasteiger partial charge on any atom is 0.305 e. The number of hydrogen-bond acceptors (Lipinski definition) is 3. The minimum absolute atomic E-state index is 0.0571. The Bertz CT molecular complexity index is 415. The van der Waals surface area contributed by atoms with Gasteiger partial charge >= 0.3 is 5.97 Å². The molecule has 0 aromatic heterocycles. The molecule has 1 saturated heterocycles. The lowest BCUT2D eigenvalue weighted by molar-refractivity contribution is -0.155. The number of nitrogens with one attached hydrogen (secondary N) is 1. The van der Waals surface area contributed by atoms with Crippen LogP contribution in [0.15, 0.2) is 0 Å². The third kappa shape index (κ3) is 2.94. The van der Waals surface area contributed by atoms with Gasteiger partial charge < -0.3 is 15.3 Å². The molecule has 0 radical (unpaired) electrons. The van der Waals surface area contributed by atoms with E-state index in [1.54, 1.807) is 0 Å². The first-order chi connectivity index (χ1) is 9.44. The molecule has 1 unspecified atom stereocenters. The Kier molecular flexibility index (Phi) is 4.30.